The van der Waals surface area contributed by atoms with E-state index in [9.17, 15) is 0 Å². The molecule has 2 atom stereocenters. The maximum absolute atomic E-state index is 5.95. The zero-order chi connectivity index (χ0) is 15.4. The zero-order valence-electron chi connectivity index (χ0n) is 13.5. The van der Waals surface area contributed by atoms with Crippen LogP contribution in [0.1, 0.15) is 25.3 Å². The first-order valence-electron chi connectivity index (χ1n) is 8.50. The van der Waals surface area contributed by atoms with Crippen molar-refractivity contribution in [3.05, 3.63) is 34.9 Å². The molecule has 0 amide bonds. The monoisotopic (exact) mass is 322 g/mol. The molecule has 2 fully saturated rings. The van der Waals surface area contributed by atoms with Gasteiger partial charge in [0.05, 0.1) is 6.10 Å². The molecule has 3 rings (SSSR count). The highest BCUT2D eigenvalue weighted by Crippen LogP contribution is 2.21. The molecule has 122 valence electrons. The second kappa shape index (κ2) is 7.78. The van der Waals surface area contributed by atoms with Crippen LogP contribution in [0.15, 0.2) is 24.3 Å². The van der Waals surface area contributed by atoms with Crippen LogP contribution >= 0.6 is 11.6 Å². The van der Waals surface area contributed by atoms with E-state index in [1.165, 1.54) is 51.1 Å². The third kappa shape index (κ3) is 4.69. The van der Waals surface area contributed by atoms with Crippen molar-refractivity contribution in [3.63, 3.8) is 0 Å². The van der Waals surface area contributed by atoms with Gasteiger partial charge in [0.15, 0.2) is 0 Å². The Morgan fingerprint density at radius 3 is 2.45 bits per heavy atom. The first-order chi connectivity index (χ1) is 10.7. The molecule has 0 radical (unpaired) electrons. The average Bonchev–Trinajstić information content (AvgIpc) is 2.52. The molecule has 0 aliphatic carbocycles. The normalized spacial score (nSPS) is 27.9. The minimum atomic E-state index is 0.449. The Labute approximate surface area is 139 Å². The first kappa shape index (κ1) is 16.3. The predicted molar refractivity (Wildman–Crippen MR) is 91.3 cm³/mol. The Hall–Kier alpha value is -0.610. The minimum absolute atomic E-state index is 0.449. The van der Waals surface area contributed by atoms with Crippen LogP contribution in [-0.2, 0) is 11.3 Å². The summed E-state index contributed by atoms with van der Waals surface area (Å²) < 4.78 is 5.65. The molecule has 3 nitrogen and oxygen atoms in total. The second-order valence-electron chi connectivity index (χ2n) is 6.78. The van der Waals surface area contributed by atoms with E-state index in [1.54, 1.807) is 0 Å². The molecule has 0 unspecified atom stereocenters. The van der Waals surface area contributed by atoms with Crippen molar-refractivity contribution in [1.82, 2.24) is 9.80 Å². The van der Waals surface area contributed by atoms with E-state index in [0.29, 0.717) is 6.10 Å². The Balaban J connectivity index is 1.41. The summed E-state index contributed by atoms with van der Waals surface area (Å²) in [6, 6.07) is 8.25. The van der Waals surface area contributed by atoms with Crippen molar-refractivity contribution in [2.75, 3.05) is 39.3 Å². The quantitative estimate of drug-likeness (QED) is 0.846. The second-order valence-corrected chi connectivity index (χ2v) is 7.21. The summed E-state index contributed by atoms with van der Waals surface area (Å²) in [7, 11) is 0. The maximum atomic E-state index is 5.95. The standard InChI is InChI=1S/C18H27ClN2O/c1-15-12-17(6-11-22-15)14-21-9-7-20(8-10-21)13-16-2-4-18(19)5-3-16/h2-5,15,17H,6-14H2,1H3/t15-,17+/m1/s1. The van der Waals surface area contributed by atoms with Gasteiger partial charge in [0.2, 0.25) is 0 Å². The fourth-order valence-corrected chi connectivity index (χ4v) is 3.73. The van der Waals surface area contributed by atoms with E-state index in [0.717, 1.165) is 24.1 Å². The van der Waals surface area contributed by atoms with Crippen LogP contribution in [0.2, 0.25) is 5.02 Å². The SMILES string of the molecule is C[C@@H]1C[C@@H](CN2CCN(Cc3ccc(Cl)cc3)CC2)CCO1. The number of ether oxygens (including phenoxy) is 1. The van der Waals surface area contributed by atoms with Gasteiger partial charge in [-0.05, 0) is 43.4 Å². The van der Waals surface area contributed by atoms with Gasteiger partial charge in [0.1, 0.15) is 0 Å². The van der Waals surface area contributed by atoms with Gasteiger partial charge in [-0.25, -0.2) is 0 Å². The molecule has 2 aliphatic rings. The van der Waals surface area contributed by atoms with Gasteiger partial charge in [-0.2, -0.15) is 0 Å². The lowest BCUT2D eigenvalue weighted by molar-refractivity contribution is -0.00958. The summed E-state index contributed by atoms with van der Waals surface area (Å²) in [6.45, 7) is 10.2. The molecule has 0 spiro atoms. The molecule has 22 heavy (non-hydrogen) atoms. The number of nitrogens with zero attached hydrogens (tertiary/aromatic N) is 2. The van der Waals surface area contributed by atoms with Crippen LogP contribution in [0, 0.1) is 5.92 Å². The smallest absolute Gasteiger partial charge is 0.0550 e. The molecular formula is C18H27ClN2O. The van der Waals surface area contributed by atoms with Crippen molar-refractivity contribution < 1.29 is 4.74 Å². The van der Waals surface area contributed by atoms with E-state index in [4.69, 9.17) is 16.3 Å². The molecule has 0 aromatic heterocycles. The summed E-state index contributed by atoms with van der Waals surface area (Å²) in [5.41, 5.74) is 1.36. The average molecular weight is 323 g/mol. The van der Waals surface area contributed by atoms with Crippen molar-refractivity contribution in [2.24, 2.45) is 5.92 Å². The lowest BCUT2D eigenvalue weighted by atomic mass is 9.95. The topological polar surface area (TPSA) is 15.7 Å². The van der Waals surface area contributed by atoms with Gasteiger partial charge >= 0.3 is 0 Å². The van der Waals surface area contributed by atoms with Gasteiger partial charge in [-0.3, -0.25) is 4.90 Å². The molecule has 0 saturated carbocycles. The van der Waals surface area contributed by atoms with E-state index in [-0.39, 0.29) is 0 Å². The summed E-state index contributed by atoms with van der Waals surface area (Å²) in [4.78, 5) is 5.19. The lowest BCUT2D eigenvalue weighted by Gasteiger charge is -2.38. The maximum Gasteiger partial charge on any atom is 0.0550 e. The number of piperazine rings is 1. The Morgan fingerprint density at radius 1 is 1.09 bits per heavy atom. The predicted octanol–water partition coefficient (Wildman–Crippen LogP) is 3.27. The fourth-order valence-electron chi connectivity index (χ4n) is 3.60. The fraction of sp³-hybridized carbons (Fsp3) is 0.667. The molecule has 1 aromatic carbocycles. The summed E-state index contributed by atoms with van der Waals surface area (Å²) in [6.07, 6.45) is 2.91. The highest BCUT2D eigenvalue weighted by atomic mass is 35.5. The highest BCUT2D eigenvalue weighted by Gasteiger charge is 2.24. The molecule has 4 heteroatoms. The van der Waals surface area contributed by atoms with Crippen molar-refractivity contribution >= 4 is 11.6 Å². The van der Waals surface area contributed by atoms with Crippen LogP contribution in [0.4, 0.5) is 0 Å². The van der Waals surface area contributed by atoms with E-state index in [1.807, 2.05) is 12.1 Å². The van der Waals surface area contributed by atoms with Gasteiger partial charge < -0.3 is 9.64 Å². The summed E-state index contributed by atoms with van der Waals surface area (Å²) >= 11 is 5.95. The molecule has 2 saturated heterocycles. The molecule has 1 aromatic rings. The van der Waals surface area contributed by atoms with E-state index < -0.39 is 0 Å². The van der Waals surface area contributed by atoms with Gasteiger partial charge in [-0.15, -0.1) is 0 Å². The largest absolute Gasteiger partial charge is 0.378 e. The van der Waals surface area contributed by atoms with Gasteiger partial charge in [0.25, 0.3) is 0 Å². The van der Waals surface area contributed by atoms with Crippen LogP contribution in [0.5, 0.6) is 0 Å². The minimum Gasteiger partial charge on any atom is -0.378 e. The summed E-state index contributed by atoms with van der Waals surface area (Å²) in [5.74, 6) is 0.826. The molecular weight excluding hydrogens is 296 g/mol. The molecule has 0 bridgehead atoms. The Kier molecular flexibility index (Phi) is 5.75. The molecule has 2 heterocycles. The number of hydrogen-bond donors (Lipinski definition) is 0. The van der Waals surface area contributed by atoms with Crippen molar-refractivity contribution in [2.45, 2.75) is 32.4 Å². The summed E-state index contributed by atoms with van der Waals surface area (Å²) in [5, 5.41) is 0.819. The van der Waals surface area contributed by atoms with Crippen LogP contribution in [-0.4, -0.2) is 55.2 Å². The van der Waals surface area contributed by atoms with Crippen molar-refractivity contribution in [1.29, 1.82) is 0 Å². The van der Waals surface area contributed by atoms with Gasteiger partial charge in [-0.1, -0.05) is 23.7 Å². The van der Waals surface area contributed by atoms with E-state index in [2.05, 4.69) is 28.9 Å². The zero-order valence-corrected chi connectivity index (χ0v) is 14.3. The van der Waals surface area contributed by atoms with Crippen molar-refractivity contribution in [3.8, 4) is 0 Å². The number of benzene rings is 1. The van der Waals surface area contributed by atoms with Crippen LogP contribution < -0.4 is 0 Å². The van der Waals surface area contributed by atoms with Crippen LogP contribution in [0.25, 0.3) is 0 Å². The lowest BCUT2D eigenvalue weighted by Crippen LogP contribution is -2.48. The third-order valence-electron chi connectivity index (χ3n) is 4.89. The van der Waals surface area contributed by atoms with E-state index >= 15 is 0 Å². The highest BCUT2D eigenvalue weighted by molar-refractivity contribution is 6.30. The number of rotatable bonds is 4. The Morgan fingerprint density at radius 2 is 1.77 bits per heavy atom. The Bertz CT molecular complexity index is 457. The third-order valence-corrected chi connectivity index (χ3v) is 5.15. The molecule has 0 N–H and O–H groups in total. The van der Waals surface area contributed by atoms with Crippen LogP contribution in [0.3, 0.4) is 0 Å². The van der Waals surface area contributed by atoms with Gasteiger partial charge in [0, 0.05) is 50.9 Å². The molecule has 2 aliphatic heterocycles. The number of halogens is 1. The number of hydrogen-bond acceptors (Lipinski definition) is 3. The first-order valence-corrected chi connectivity index (χ1v) is 8.87.